The molecular weight excluding hydrogens is 671 g/mol. The van der Waals surface area contributed by atoms with Crippen molar-refractivity contribution < 1.29 is 79.6 Å². The van der Waals surface area contributed by atoms with E-state index in [-0.39, 0.29) is 0 Å². The molecule has 0 heterocycles. The molecule has 0 saturated heterocycles. The number of halogens is 16. The summed E-state index contributed by atoms with van der Waals surface area (Å²) in [5.74, 6) is -49.7. The number of alkyl halides is 1. The van der Waals surface area contributed by atoms with Crippen molar-refractivity contribution in [3.63, 3.8) is 0 Å². The van der Waals surface area contributed by atoms with Gasteiger partial charge in [-0.05, 0) is 12.1 Å². The molecule has 0 saturated carbocycles. The number of hydrogen-bond acceptors (Lipinski definition) is 2. The summed E-state index contributed by atoms with van der Waals surface area (Å²) in [6.45, 7) is 0. The van der Waals surface area contributed by atoms with Crippen molar-refractivity contribution >= 4 is 18.4 Å². The zero-order valence-electron chi connectivity index (χ0n) is 21.3. The first kappa shape index (κ1) is 32.7. The third-order valence-electron chi connectivity index (χ3n) is 6.54. The molecular formula is C27H5BF16O2. The van der Waals surface area contributed by atoms with Crippen LogP contribution in [0.3, 0.4) is 0 Å². The van der Waals surface area contributed by atoms with E-state index in [9.17, 15) is 52.7 Å². The topological polar surface area (TPSA) is 18.5 Å². The minimum absolute atomic E-state index is 0.788. The predicted octanol–water partition coefficient (Wildman–Crippen LogP) is 8.40. The summed E-state index contributed by atoms with van der Waals surface area (Å²) in [4.78, 5) is 0. The van der Waals surface area contributed by atoms with Crippen LogP contribution in [0.4, 0.5) is 70.2 Å². The van der Waals surface area contributed by atoms with Gasteiger partial charge in [0.2, 0.25) is 11.6 Å². The lowest BCUT2D eigenvalue weighted by molar-refractivity contribution is -0.0619. The Balaban J connectivity index is 1.88. The predicted molar refractivity (Wildman–Crippen MR) is 123 cm³/mol. The molecule has 0 spiro atoms. The van der Waals surface area contributed by atoms with Crippen molar-refractivity contribution in [3.8, 4) is 16.9 Å². The second kappa shape index (κ2) is 11.3. The van der Waals surface area contributed by atoms with E-state index in [1.54, 1.807) is 0 Å². The van der Waals surface area contributed by atoms with Crippen LogP contribution < -0.4 is 10.1 Å². The lowest BCUT2D eigenvalue weighted by atomic mass is 9.72. The fraction of sp³-hybridized carbons (Fsp3) is 0.0370. The van der Waals surface area contributed by atoms with E-state index in [0.717, 1.165) is 24.3 Å². The molecule has 0 aromatic heterocycles. The molecule has 2 nitrogen and oxygen atoms in total. The van der Waals surface area contributed by atoms with Crippen molar-refractivity contribution in [1.82, 2.24) is 0 Å². The van der Waals surface area contributed by atoms with Crippen LogP contribution in [0.25, 0.3) is 17.0 Å². The van der Waals surface area contributed by atoms with E-state index in [4.69, 9.17) is 4.65 Å². The summed E-state index contributed by atoms with van der Waals surface area (Å²) in [7, 11) is -3.64. The Kier molecular flexibility index (Phi) is 8.03. The first-order valence-electron chi connectivity index (χ1n) is 11.9. The molecule has 0 amide bonds. The van der Waals surface area contributed by atoms with E-state index in [2.05, 4.69) is 4.65 Å². The van der Waals surface area contributed by atoms with Gasteiger partial charge in [-0.25, -0.2) is 65.9 Å². The molecule has 1 aliphatic rings. The molecule has 0 bridgehead atoms. The SMILES string of the molecule is FC1=C(F)C(F)(OB(Oc2ccccc2)c2c(F)c(F)c(F)c(F)c2-c2c(F)c(F)c(F)c(F)c2F)c2c(F)c(F)c(F)c(F)c21. The highest BCUT2D eigenvalue weighted by Crippen LogP contribution is 2.53. The van der Waals surface area contributed by atoms with Gasteiger partial charge in [0, 0.05) is 11.0 Å². The van der Waals surface area contributed by atoms with Gasteiger partial charge >= 0.3 is 7.12 Å². The summed E-state index contributed by atoms with van der Waals surface area (Å²) in [6.07, 6.45) is 0. The van der Waals surface area contributed by atoms with E-state index in [0.29, 0.717) is 0 Å². The summed E-state index contributed by atoms with van der Waals surface area (Å²) < 4.78 is 243. The number of benzene rings is 4. The normalized spacial score (nSPS) is 15.9. The molecule has 0 fully saturated rings. The Morgan fingerprint density at radius 3 is 1.39 bits per heavy atom. The summed E-state index contributed by atoms with van der Waals surface area (Å²) in [5, 5.41) is 0. The Hall–Kier alpha value is -4.68. The van der Waals surface area contributed by atoms with Crippen molar-refractivity contribution in [2.45, 2.75) is 5.85 Å². The van der Waals surface area contributed by atoms with Gasteiger partial charge in [0.05, 0.1) is 16.7 Å². The van der Waals surface area contributed by atoms with Gasteiger partial charge in [0.15, 0.2) is 75.6 Å². The van der Waals surface area contributed by atoms with Crippen LogP contribution in [0.1, 0.15) is 11.1 Å². The Labute approximate surface area is 244 Å². The van der Waals surface area contributed by atoms with Crippen LogP contribution in [-0.2, 0) is 10.5 Å². The van der Waals surface area contributed by atoms with Gasteiger partial charge < -0.3 is 9.31 Å². The van der Waals surface area contributed by atoms with Crippen LogP contribution in [0.15, 0.2) is 36.2 Å². The molecule has 240 valence electrons. The molecule has 4 aromatic carbocycles. The Bertz CT molecular complexity index is 1950. The first-order valence-corrected chi connectivity index (χ1v) is 11.9. The number of hydrogen-bond donors (Lipinski definition) is 0. The maximum Gasteiger partial charge on any atom is 0.569 e. The van der Waals surface area contributed by atoms with Gasteiger partial charge in [-0.1, -0.05) is 18.2 Å². The Morgan fingerprint density at radius 1 is 0.457 bits per heavy atom. The van der Waals surface area contributed by atoms with E-state index in [1.807, 2.05) is 0 Å². The molecule has 0 radical (unpaired) electrons. The van der Waals surface area contributed by atoms with E-state index in [1.165, 1.54) is 6.07 Å². The molecule has 19 heteroatoms. The van der Waals surface area contributed by atoms with Gasteiger partial charge in [-0.3, -0.25) is 0 Å². The zero-order valence-corrected chi connectivity index (χ0v) is 21.3. The van der Waals surface area contributed by atoms with Crippen molar-refractivity contribution in [3.05, 3.63) is 123 Å². The zero-order chi connectivity index (χ0) is 34.2. The summed E-state index contributed by atoms with van der Waals surface area (Å²) >= 11 is 0. The lowest BCUT2D eigenvalue weighted by Crippen LogP contribution is -2.49. The van der Waals surface area contributed by atoms with Gasteiger partial charge in [0.1, 0.15) is 5.75 Å². The van der Waals surface area contributed by atoms with Crippen LogP contribution in [0.2, 0.25) is 0 Å². The van der Waals surface area contributed by atoms with Crippen molar-refractivity contribution in [2.75, 3.05) is 0 Å². The van der Waals surface area contributed by atoms with Crippen LogP contribution in [-0.4, -0.2) is 7.12 Å². The minimum Gasteiger partial charge on any atom is -0.532 e. The quantitative estimate of drug-likeness (QED) is 0.0885. The molecule has 1 atom stereocenters. The molecule has 1 unspecified atom stereocenters. The second-order valence-corrected chi connectivity index (χ2v) is 9.10. The molecule has 5 rings (SSSR count). The molecule has 4 aromatic rings. The average Bonchev–Trinajstić information content (AvgIpc) is 3.23. The highest BCUT2D eigenvalue weighted by atomic mass is 19.2. The van der Waals surface area contributed by atoms with Gasteiger partial charge in [-0.15, -0.1) is 0 Å². The highest BCUT2D eigenvalue weighted by Gasteiger charge is 2.58. The van der Waals surface area contributed by atoms with Gasteiger partial charge in [0.25, 0.3) is 5.85 Å². The third-order valence-corrected chi connectivity index (χ3v) is 6.54. The fourth-order valence-electron chi connectivity index (χ4n) is 4.46. The smallest absolute Gasteiger partial charge is 0.532 e. The maximum absolute atomic E-state index is 16.3. The summed E-state index contributed by atoms with van der Waals surface area (Å²) in [5.41, 5.74) is -12.2. The first-order chi connectivity index (χ1) is 21.5. The van der Waals surface area contributed by atoms with Crippen molar-refractivity contribution in [1.29, 1.82) is 0 Å². The number of fused-ring (bicyclic) bond motifs is 1. The summed E-state index contributed by atoms with van der Waals surface area (Å²) in [6, 6.07) is 4.92. The van der Waals surface area contributed by atoms with Crippen LogP contribution in [0, 0.1) is 75.6 Å². The standard InChI is InChI=1S/C27H5BF16O2/c29-12-7(8-13(30)20(37)25(42)21(38)14(8)31)11(18(35)24(41)19(12)36)28(45-6-4-2-1-3-5-6)46-27(44)10-9(16(33)26(27)43)15(32)22(39)23(40)17(10)34/h1-5H. The van der Waals surface area contributed by atoms with Crippen molar-refractivity contribution in [2.24, 2.45) is 0 Å². The van der Waals surface area contributed by atoms with E-state index < -0.39 is 134 Å². The van der Waals surface area contributed by atoms with Gasteiger partial charge in [-0.2, -0.15) is 4.39 Å². The fourth-order valence-corrected chi connectivity index (χ4v) is 4.46. The minimum atomic E-state index is -5.14. The highest BCUT2D eigenvalue weighted by molar-refractivity contribution is 6.64. The third kappa shape index (κ3) is 4.58. The monoisotopic (exact) mass is 676 g/mol. The average molecular weight is 676 g/mol. The maximum atomic E-state index is 16.3. The largest absolute Gasteiger partial charge is 0.569 e. The van der Waals surface area contributed by atoms with Crippen LogP contribution in [0.5, 0.6) is 5.75 Å². The molecule has 0 N–H and O–H groups in total. The lowest BCUT2D eigenvalue weighted by Gasteiger charge is -2.28. The second-order valence-electron chi connectivity index (χ2n) is 9.10. The van der Waals surface area contributed by atoms with Crippen LogP contribution >= 0.6 is 0 Å². The molecule has 0 aliphatic heterocycles. The molecule has 1 aliphatic carbocycles. The number of rotatable bonds is 6. The number of para-hydroxylation sites is 1. The Morgan fingerprint density at radius 2 is 0.870 bits per heavy atom. The van der Waals surface area contributed by atoms with E-state index >= 15 is 17.6 Å². The molecule has 46 heavy (non-hydrogen) atoms.